The number of benzene rings is 1. The molecule has 1 aromatic carbocycles. The van der Waals surface area contributed by atoms with Crippen LogP contribution in [0.2, 0.25) is 0 Å². The SMILES string of the molecule is O=C(Nc1ccccc1-c1cccs1)N1CCCC(n2ccnn2)C1. The van der Waals surface area contributed by atoms with Crippen molar-refractivity contribution in [1.29, 1.82) is 0 Å². The molecule has 1 saturated heterocycles. The minimum atomic E-state index is -0.0613. The predicted molar refractivity (Wildman–Crippen MR) is 98.6 cm³/mol. The van der Waals surface area contributed by atoms with Gasteiger partial charge in [-0.2, -0.15) is 0 Å². The number of urea groups is 1. The molecule has 2 aromatic heterocycles. The summed E-state index contributed by atoms with van der Waals surface area (Å²) < 4.78 is 1.85. The monoisotopic (exact) mass is 353 g/mol. The Hall–Kier alpha value is -2.67. The third-order valence-electron chi connectivity index (χ3n) is 4.45. The van der Waals surface area contributed by atoms with Gasteiger partial charge in [-0.3, -0.25) is 0 Å². The van der Waals surface area contributed by atoms with Crippen LogP contribution in [0.15, 0.2) is 54.2 Å². The predicted octanol–water partition coefficient (Wildman–Crippen LogP) is 3.88. The van der Waals surface area contributed by atoms with Crippen molar-refractivity contribution in [2.24, 2.45) is 0 Å². The van der Waals surface area contributed by atoms with Crippen LogP contribution in [0.25, 0.3) is 10.4 Å². The molecule has 4 rings (SSSR count). The second-order valence-electron chi connectivity index (χ2n) is 6.08. The van der Waals surface area contributed by atoms with Crippen LogP contribution in [-0.4, -0.2) is 39.0 Å². The molecule has 1 aliphatic heterocycles. The molecule has 0 bridgehead atoms. The van der Waals surface area contributed by atoms with Crippen molar-refractivity contribution in [1.82, 2.24) is 19.9 Å². The van der Waals surface area contributed by atoms with E-state index in [-0.39, 0.29) is 12.1 Å². The Labute approximate surface area is 150 Å². The quantitative estimate of drug-likeness (QED) is 0.777. The number of nitrogens with zero attached hydrogens (tertiary/aromatic N) is 4. The normalized spacial score (nSPS) is 17.4. The molecule has 0 spiro atoms. The molecule has 3 aromatic rings. The number of carbonyl (C=O) groups excluding carboxylic acids is 1. The zero-order chi connectivity index (χ0) is 17.1. The molecular formula is C18H19N5OS. The summed E-state index contributed by atoms with van der Waals surface area (Å²) in [6.45, 7) is 1.41. The molecule has 1 N–H and O–H groups in total. The summed E-state index contributed by atoms with van der Waals surface area (Å²) in [6.07, 6.45) is 5.51. The number of hydrogen-bond acceptors (Lipinski definition) is 4. The molecule has 1 atom stereocenters. The van der Waals surface area contributed by atoms with Gasteiger partial charge in [0.1, 0.15) is 0 Å². The minimum Gasteiger partial charge on any atom is -0.322 e. The maximum Gasteiger partial charge on any atom is 0.321 e. The number of hydrogen-bond donors (Lipinski definition) is 1. The molecule has 128 valence electrons. The number of piperidine rings is 1. The second-order valence-corrected chi connectivity index (χ2v) is 7.03. The van der Waals surface area contributed by atoms with Crippen LogP contribution < -0.4 is 5.32 Å². The summed E-state index contributed by atoms with van der Waals surface area (Å²) in [5.74, 6) is 0. The lowest BCUT2D eigenvalue weighted by molar-refractivity contribution is 0.174. The Kier molecular flexibility index (Phi) is 4.47. The third-order valence-corrected chi connectivity index (χ3v) is 5.36. The third kappa shape index (κ3) is 3.41. The first-order valence-electron chi connectivity index (χ1n) is 8.36. The molecular weight excluding hydrogens is 334 g/mol. The lowest BCUT2D eigenvalue weighted by Crippen LogP contribution is -2.43. The average Bonchev–Trinajstić information content (AvgIpc) is 3.36. The molecule has 0 saturated carbocycles. The van der Waals surface area contributed by atoms with Crippen molar-refractivity contribution >= 4 is 23.1 Å². The van der Waals surface area contributed by atoms with E-state index in [1.807, 2.05) is 51.5 Å². The zero-order valence-corrected chi connectivity index (χ0v) is 14.5. The number of aromatic nitrogens is 3. The summed E-state index contributed by atoms with van der Waals surface area (Å²) in [7, 11) is 0. The topological polar surface area (TPSA) is 63.1 Å². The van der Waals surface area contributed by atoms with Crippen molar-refractivity contribution in [3.63, 3.8) is 0 Å². The van der Waals surface area contributed by atoms with Gasteiger partial charge in [0.25, 0.3) is 0 Å². The van der Waals surface area contributed by atoms with Crippen molar-refractivity contribution in [2.75, 3.05) is 18.4 Å². The summed E-state index contributed by atoms with van der Waals surface area (Å²) in [5.41, 5.74) is 1.90. The van der Waals surface area contributed by atoms with Gasteiger partial charge in [-0.15, -0.1) is 16.4 Å². The number of rotatable bonds is 3. The van der Waals surface area contributed by atoms with E-state index in [4.69, 9.17) is 0 Å². The van der Waals surface area contributed by atoms with Crippen molar-refractivity contribution < 1.29 is 4.79 Å². The lowest BCUT2D eigenvalue weighted by atomic mass is 10.1. The van der Waals surface area contributed by atoms with Gasteiger partial charge in [0.05, 0.1) is 17.9 Å². The average molecular weight is 353 g/mol. The van der Waals surface area contributed by atoms with Crippen LogP contribution in [0.4, 0.5) is 10.5 Å². The van der Waals surface area contributed by atoms with E-state index in [9.17, 15) is 4.79 Å². The number of likely N-dealkylation sites (tertiary alicyclic amines) is 1. The summed E-state index contributed by atoms with van der Waals surface area (Å²) >= 11 is 1.67. The molecule has 7 heteroatoms. The number of carbonyl (C=O) groups is 1. The maximum absolute atomic E-state index is 12.8. The second kappa shape index (κ2) is 7.06. The first-order chi connectivity index (χ1) is 12.3. The molecule has 0 aliphatic carbocycles. The zero-order valence-electron chi connectivity index (χ0n) is 13.7. The Morgan fingerprint density at radius 1 is 1.24 bits per heavy atom. The van der Waals surface area contributed by atoms with E-state index in [1.54, 1.807) is 17.5 Å². The first-order valence-corrected chi connectivity index (χ1v) is 9.24. The lowest BCUT2D eigenvalue weighted by Gasteiger charge is -2.32. The Morgan fingerprint density at radius 3 is 2.96 bits per heavy atom. The van der Waals surface area contributed by atoms with E-state index in [1.165, 1.54) is 0 Å². The Bertz CT molecular complexity index is 831. The van der Waals surface area contributed by atoms with Crippen LogP contribution in [-0.2, 0) is 0 Å². The highest BCUT2D eigenvalue weighted by molar-refractivity contribution is 7.13. The molecule has 3 heterocycles. The number of thiophene rings is 1. The van der Waals surface area contributed by atoms with Crippen molar-refractivity contribution in [3.8, 4) is 10.4 Å². The Balaban J connectivity index is 1.49. The van der Waals surface area contributed by atoms with Gasteiger partial charge in [0, 0.05) is 29.7 Å². The van der Waals surface area contributed by atoms with Gasteiger partial charge in [-0.05, 0) is 30.4 Å². The van der Waals surface area contributed by atoms with Crippen LogP contribution in [0, 0.1) is 0 Å². The van der Waals surface area contributed by atoms with Crippen LogP contribution in [0.5, 0.6) is 0 Å². The highest BCUT2D eigenvalue weighted by Crippen LogP contribution is 2.31. The Morgan fingerprint density at radius 2 is 2.16 bits per heavy atom. The smallest absolute Gasteiger partial charge is 0.321 e. The van der Waals surface area contributed by atoms with E-state index >= 15 is 0 Å². The number of anilines is 1. The van der Waals surface area contributed by atoms with Crippen LogP contribution in [0.1, 0.15) is 18.9 Å². The summed E-state index contributed by atoms with van der Waals surface area (Å²) in [5, 5.41) is 13.1. The van der Waals surface area contributed by atoms with Gasteiger partial charge in [0.2, 0.25) is 0 Å². The molecule has 1 aliphatic rings. The van der Waals surface area contributed by atoms with E-state index in [0.29, 0.717) is 6.54 Å². The van der Waals surface area contributed by atoms with Gasteiger partial charge < -0.3 is 10.2 Å². The largest absolute Gasteiger partial charge is 0.322 e. The summed E-state index contributed by atoms with van der Waals surface area (Å²) in [4.78, 5) is 15.8. The fraction of sp³-hybridized carbons (Fsp3) is 0.278. The van der Waals surface area contributed by atoms with Gasteiger partial charge in [0.15, 0.2) is 0 Å². The van der Waals surface area contributed by atoms with Crippen LogP contribution >= 0.6 is 11.3 Å². The first kappa shape index (κ1) is 15.8. The number of para-hydroxylation sites is 1. The highest BCUT2D eigenvalue weighted by atomic mass is 32.1. The molecule has 25 heavy (non-hydrogen) atoms. The molecule has 1 fully saturated rings. The van der Waals surface area contributed by atoms with E-state index in [2.05, 4.69) is 21.7 Å². The van der Waals surface area contributed by atoms with Gasteiger partial charge >= 0.3 is 6.03 Å². The van der Waals surface area contributed by atoms with E-state index < -0.39 is 0 Å². The van der Waals surface area contributed by atoms with Gasteiger partial charge in [-0.25, -0.2) is 9.48 Å². The highest BCUT2D eigenvalue weighted by Gasteiger charge is 2.25. The van der Waals surface area contributed by atoms with E-state index in [0.717, 1.165) is 35.5 Å². The molecule has 2 amide bonds. The summed E-state index contributed by atoms with van der Waals surface area (Å²) in [6, 6.07) is 12.1. The molecule has 0 radical (unpaired) electrons. The number of nitrogens with one attached hydrogen (secondary N) is 1. The van der Waals surface area contributed by atoms with Gasteiger partial charge in [-0.1, -0.05) is 29.5 Å². The maximum atomic E-state index is 12.8. The molecule has 1 unspecified atom stereocenters. The van der Waals surface area contributed by atoms with Crippen molar-refractivity contribution in [2.45, 2.75) is 18.9 Å². The molecule has 6 nitrogen and oxygen atoms in total. The van der Waals surface area contributed by atoms with Crippen LogP contribution in [0.3, 0.4) is 0 Å². The fourth-order valence-electron chi connectivity index (χ4n) is 3.20. The fourth-order valence-corrected chi connectivity index (χ4v) is 3.97. The van der Waals surface area contributed by atoms with Crippen molar-refractivity contribution in [3.05, 3.63) is 54.2 Å². The standard InChI is InChI=1S/C18H19N5OS/c24-18(22-10-3-5-14(13-22)23-11-9-19-21-23)20-16-7-2-1-6-15(16)17-8-4-12-25-17/h1-2,4,6-9,11-12,14H,3,5,10,13H2,(H,20,24). The minimum absolute atomic E-state index is 0.0613. The number of amides is 2.